The van der Waals surface area contributed by atoms with Crippen LogP contribution in [0.15, 0.2) is 18.5 Å². The zero-order valence-electron chi connectivity index (χ0n) is 6.37. The molecule has 13 heavy (non-hydrogen) atoms. The van der Waals surface area contributed by atoms with Gasteiger partial charge < -0.3 is 14.9 Å². The van der Waals surface area contributed by atoms with Crippen molar-refractivity contribution in [3.05, 3.63) is 29.8 Å². The highest BCUT2D eigenvalue weighted by Gasteiger charge is 2.09. The van der Waals surface area contributed by atoms with Gasteiger partial charge in [-0.2, -0.15) is 0 Å². The Labute approximate surface area is 72.0 Å². The molecular formula is C8H4FN2O2-. The zero-order chi connectivity index (χ0) is 9.42. The van der Waals surface area contributed by atoms with Crippen LogP contribution in [0.5, 0.6) is 0 Å². The lowest BCUT2D eigenvalue weighted by Gasteiger charge is -2.04. The second kappa shape index (κ2) is 2.55. The van der Waals surface area contributed by atoms with Crippen molar-refractivity contribution in [1.82, 2.24) is 9.97 Å². The zero-order valence-corrected chi connectivity index (χ0v) is 6.37. The molecule has 2 heterocycles. The Balaban J connectivity index is 2.88. The normalized spacial score (nSPS) is 10.5. The van der Waals surface area contributed by atoms with Crippen LogP contribution in [0.4, 0.5) is 4.39 Å². The molecule has 0 aliphatic rings. The summed E-state index contributed by atoms with van der Waals surface area (Å²) in [6.07, 6.45) is 2.34. The molecule has 4 nitrogen and oxygen atoms in total. The molecule has 2 aromatic heterocycles. The minimum absolute atomic E-state index is 0.222. The second-order valence-corrected chi connectivity index (χ2v) is 2.51. The highest BCUT2D eigenvalue weighted by molar-refractivity contribution is 6.00. The van der Waals surface area contributed by atoms with Gasteiger partial charge in [-0.25, -0.2) is 9.37 Å². The van der Waals surface area contributed by atoms with Gasteiger partial charge in [0.1, 0.15) is 5.65 Å². The molecule has 0 atom stereocenters. The first-order valence-corrected chi connectivity index (χ1v) is 3.53. The maximum absolute atomic E-state index is 13.0. The summed E-state index contributed by atoms with van der Waals surface area (Å²) in [4.78, 5) is 16.9. The molecule has 0 spiro atoms. The van der Waals surface area contributed by atoms with Crippen LogP contribution in [-0.2, 0) is 0 Å². The number of carboxylic acid groups (broad SMARTS) is 1. The van der Waals surface area contributed by atoms with Gasteiger partial charge in [-0.15, -0.1) is 0 Å². The molecule has 0 fully saturated rings. The molecular weight excluding hydrogens is 175 g/mol. The van der Waals surface area contributed by atoms with Gasteiger partial charge in [0, 0.05) is 17.1 Å². The van der Waals surface area contributed by atoms with Crippen molar-refractivity contribution in [3.8, 4) is 0 Å². The van der Waals surface area contributed by atoms with Gasteiger partial charge in [0.05, 0.1) is 12.2 Å². The molecule has 5 heteroatoms. The van der Waals surface area contributed by atoms with Crippen LogP contribution in [0.1, 0.15) is 10.4 Å². The van der Waals surface area contributed by atoms with E-state index in [9.17, 15) is 14.3 Å². The van der Waals surface area contributed by atoms with Crippen molar-refractivity contribution >= 4 is 17.0 Å². The number of hydrogen-bond acceptors (Lipinski definition) is 3. The standard InChI is InChI=1S/C8H5FN2O2/c9-5-3-11-7-4(1-2-10-7)6(5)8(12)13/h1-3H,(H,10,11)(H,12,13)/p-1. The van der Waals surface area contributed by atoms with Crippen LogP contribution in [-0.4, -0.2) is 15.9 Å². The van der Waals surface area contributed by atoms with E-state index < -0.39 is 17.3 Å². The predicted molar refractivity (Wildman–Crippen MR) is 40.4 cm³/mol. The lowest BCUT2D eigenvalue weighted by Crippen LogP contribution is -2.24. The molecule has 2 aromatic rings. The van der Waals surface area contributed by atoms with Gasteiger partial charge in [0.15, 0.2) is 5.82 Å². The number of carboxylic acids is 1. The van der Waals surface area contributed by atoms with Crippen LogP contribution in [0.3, 0.4) is 0 Å². The summed E-state index contributed by atoms with van der Waals surface area (Å²) >= 11 is 0. The number of aromatic nitrogens is 2. The van der Waals surface area contributed by atoms with Crippen molar-refractivity contribution in [2.75, 3.05) is 0 Å². The van der Waals surface area contributed by atoms with E-state index in [2.05, 4.69) is 9.97 Å². The Bertz CT molecular complexity index is 478. The molecule has 0 unspecified atom stereocenters. The predicted octanol–water partition coefficient (Wildman–Crippen LogP) is 0.0655. The molecule has 66 valence electrons. The van der Waals surface area contributed by atoms with E-state index in [1.807, 2.05) is 0 Å². The lowest BCUT2D eigenvalue weighted by molar-refractivity contribution is -0.255. The summed E-state index contributed by atoms with van der Waals surface area (Å²) in [5.74, 6) is -2.42. The van der Waals surface area contributed by atoms with Crippen molar-refractivity contribution in [1.29, 1.82) is 0 Å². The number of H-pyrrole nitrogens is 1. The van der Waals surface area contributed by atoms with Crippen molar-refractivity contribution in [3.63, 3.8) is 0 Å². The average Bonchev–Trinajstić information content (AvgIpc) is 2.50. The number of hydrogen-bond donors (Lipinski definition) is 1. The van der Waals surface area contributed by atoms with Gasteiger partial charge >= 0.3 is 0 Å². The number of halogens is 1. The van der Waals surface area contributed by atoms with Gasteiger partial charge in [-0.1, -0.05) is 0 Å². The van der Waals surface area contributed by atoms with E-state index in [-0.39, 0.29) is 5.39 Å². The van der Waals surface area contributed by atoms with E-state index >= 15 is 0 Å². The van der Waals surface area contributed by atoms with Gasteiger partial charge in [0.2, 0.25) is 0 Å². The Hall–Kier alpha value is -1.91. The van der Waals surface area contributed by atoms with Crippen LogP contribution in [0, 0.1) is 5.82 Å². The number of nitrogens with zero attached hydrogens (tertiary/aromatic N) is 1. The van der Waals surface area contributed by atoms with Crippen molar-refractivity contribution < 1.29 is 14.3 Å². The molecule has 0 saturated heterocycles. The highest BCUT2D eigenvalue weighted by Crippen LogP contribution is 2.17. The summed E-state index contributed by atoms with van der Waals surface area (Å²) < 4.78 is 13.0. The Morgan fingerprint density at radius 2 is 2.38 bits per heavy atom. The first-order chi connectivity index (χ1) is 6.20. The number of nitrogens with one attached hydrogen (secondary N) is 1. The largest absolute Gasteiger partial charge is 0.545 e. The summed E-state index contributed by atoms with van der Waals surface area (Å²) in [6.45, 7) is 0. The van der Waals surface area contributed by atoms with Crippen LogP contribution in [0.2, 0.25) is 0 Å². The van der Waals surface area contributed by atoms with Crippen LogP contribution < -0.4 is 5.11 Å². The van der Waals surface area contributed by atoms with Gasteiger partial charge in [0.25, 0.3) is 0 Å². The van der Waals surface area contributed by atoms with Crippen molar-refractivity contribution in [2.24, 2.45) is 0 Å². The number of fused-ring (bicyclic) bond motifs is 1. The van der Waals surface area contributed by atoms with E-state index in [4.69, 9.17) is 0 Å². The van der Waals surface area contributed by atoms with E-state index in [1.165, 1.54) is 12.3 Å². The Morgan fingerprint density at radius 3 is 3.08 bits per heavy atom. The van der Waals surface area contributed by atoms with Gasteiger partial charge in [-0.05, 0) is 6.07 Å². The molecule has 0 radical (unpaired) electrons. The molecule has 1 N–H and O–H groups in total. The number of pyridine rings is 1. The average molecular weight is 179 g/mol. The molecule has 0 aliphatic heterocycles. The first-order valence-electron chi connectivity index (χ1n) is 3.53. The number of aromatic carboxylic acids is 1. The van der Waals surface area contributed by atoms with E-state index in [0.717, 1.165) is 6.20 Å². The minimum Gasteiger partial charge on any atom is -0.545 e. The molecule has 2 rings (SSSR count). The van der Waals surface area contributed by atoms with Crippen LogP contribution in [0.25, 0.3) is 11.0 Å². The third-order valence-corrected chi connectivity index (χ3v) is 1.74. The lowest BCUT2D eigenvalue weighted by atomic mass is 10.2. The first kappa shape index (κ1) is 7.72. The number of carbonyl (C=O) groups excluding carboxylic acids is 1. The third kappa shape index (κ3) is 1.05. The molecule has 0 aromatic carbocycles. The monoisotopic (exact) mass is 179 g/mol. The SMILES string of the molecule is O=C([O-])c1c(F)cnc2[nH]ccc12. The number of rotatable bonds is 1. The molecule has 0 amide bonds. The summed E-state index contributed by atoms with van der Waals surface area (Å²) in [7, 11) is 0. The topological polar surface area (TPSA) is 68.8 Å². The van der Waals surface area contributed by atoms with Crippen molar-refractivity contribution in [2.45, 2.75) is 0 Å². The Kier molecular flexibility index (Phi) is 1.51. The summed E-state index contributed by atoms with van der Waals surface area (Å²) in [5.41, 5.74) is -0.119. The molecule has 0 bridgehead atoms. The fourth-order valence-corrected chi connectivity index (χ4v) is 1.19. The summed E-state index contributed by atoms with van der Waals surface area (Å²) in [6, 6.07) is 1.44. The maximum Gasteiger partial charge on any atom is 0.151 e. The van der Waals surface area contributed by atoms with E-state index in [1.54, 1.807) is 0 Å². The second-order valence-electron chi connectivity index (χ2n) is 2.51. The fraction of sp³-hybridized carbons (Fsp3) is 0. The smallest absolute Gasteiger partial charge is 0.151 e. The number of carbonyl (C=O) groups is 1. The van der Waals surface area contributed by atoms with Crippen LogP contribution >= 0.6 is 0 Å². The molecule has 0 aliphatic carbocycles. The third-order valence-electron chi connectivity index (χ3n) is 1.74. The number of aromatic amines is 1. The molecule has 0 saturated carbocycles. The quantitative estimate of drug-likeness (QED) is 0.673. The summed E-state index contributed by atoms with van der Waals surface area (Å²) in [5, 5.41) is 10.8. The maximum atomic E-state index is 13.0. The fourth-order valence-electron chi connectivity index (χ4n) is 1.19. The Morgan fingerprint density at radius 1 is 1.62 bits per heavy atom. The van der Waals surface area contributed by atoms with Gasteiger partial charge in [-0.3, -0.25) is 0 Å². The highest BCUT2D eigenvalue weighted by atomic mass is 19.1. The van der Waals surface area contributed by atoms with E-state index in [0.29, 0.717) is 5.65 Å². The minimum atomic E-state index is -1.54.